The average molecular weight is 421 g/mol. The summed E-state index contributed by atoms with van der Waals surface area (Å²) in [5.41, 5.74) is 4.46. The van der Waals surface area contributed by atoms with E-state index in [1.807, 2.05) is 43.0 Å². The molecule has 1 aromatic carbocycles. The summed E-state index contributed by atoms with van der Waals surface area (Å²) in [5, 5.41) is 1.19. The highest BCUT2D eigenvalue weighted by molar-refractivity contribution is 7.99. The molecule has 5 rings (SSSR count). The first-order valence-corrected chi connectivity index (χ1v) is 11.4. The minimum absolute atomic E-state index is 0.0530. The number of pyridine rings is 1. The van der Waals surface area contributed by atoms with Gasteiger partial charge in [0.05, 0.1) is 11.1 Å². The van der Waals surface area contributed by atoms with Crippen molar-refractivity contribution >= 4 is 34.4 Å². The molecular formula is C23H24N4O2S. The second-order valence-corrected chi connectivity index (χ2v) is 9.09. The molecule has 2 aromatic heterocycles. The summed E-state index contributed by atoms with van der Waals surface area (Å²) in [7, 11) is 0. The van der Waals surface area contributed by atoms with E-state index >= 15 is 0 Å². The molecule has 0 unspecified atom stereocenters. The number of nitrogens with zero attached hydrogens (tertiary/aromatic N) is 4. The Kier molecular flexibility index (Phi) is 4.85. The molecular weight excluding hydrogens is 396 g/mol. The molecule has 154 valence electrons. The maximum absolute atomic E-state index is 13.1. The van der Waals surface area contributed by atoms with Gasteiger partial charge >= 0.3 is 0 Å². The third-order valence-electron chi connectivity index (χ3n) is 5.82. The summed E-state index contributed by atoms with van der Waals surface area (Å²) in [6, 6.07) is 10.3. The molecule has 0 bridgehead atoms. The van der Waals surface area contributed by atoms with Crippen LogP contribution in [0, 0.1) is 13.8 Å². The van der Waals surface area contributed by atoms with Crippen molar-refractivity contribution in [3.8, 4) is 0 Å². The summed E-state index contributed by atoms with van der Waals surface area (Å²) in [4.78, 5) is 36.8. The lowest BCUT2D eigenvalue weighted by atomic mass is 10.0. The van der Waals surface area contributed by atoms with Crippen molar-refractivity contribution in [1.82, 2.24) is 14.5 Å². The minimum atomic E-state index is -0.259. The van der Waals surface area contributed by atoms with Gasteiger partial charge in [-0.3, -0.25) is 9.59 Å². The number of hydrogen-bond acceptors (Lipinski definition) is 5. The highest BCUT2D eigenvalue weighted by Gasteiger charge is 2.30. The molecule has 1 aliphatic heterocycles. The number of benzene rings is 1. The molecule has 6 nitrogen and oxygen atoms in total. The van der Waals surface area contributed by atoms with Crippen molar-refractivity contribution in [3.05, 3.63) is 57.5 Å². The molecule has 1 aliphatic carbocycles. The first kappa shape index (κ1) is 19.3. The van der Waals surface area contributed by atoms with Gasteiger partial charge in [0.25, 0.3) is 5.56 Å². The Bertz CT molecular complexity index is 1220. The van der Waals surface area contributed by atoms with Crippen LogP contribution in [0.2, 0.25) is 0 Å². The Morgan fingerprint density at radius 2 is 2.00 bits per heavy atom. The highest BCUT2D eigenvalue weighted by atomic mass is 32.2. The number of carbonyl (C=O) groups excluding carboxylic acids is 1. The van der Waals surface area contributed by atoms with Crippen LogP contribution in [0.1, 0.15) is 42.1 Å². The SMILES string of the molecule is Cc1cc(C)c2c(=O)nc(SCC(=O)N3CCCc4ccccc43)n(C3CC3)c2n1. The normalized spacial score (nSPS) is 16.0. The number of fused-ring (bicyclic) bond motifs is 2. The fraction of sp³-hybridized carbons (Fsp3) is 0.391. The molecule has 1 fully saturated rings. The van der Waals surface area contributed by atoms with E-state index in [-0.39, 0.29) is 17.2 Å². The van der Waals surface area contributed by atoms with Crippen LogP contribution in [0.25, 0.3) is 11.0 Å². The van der Waals surface area contributed by atoms with Gasteiger partial charge in [-0.1, -0.05) is 30.0 Å². The van der Waals surface area contributed by atoms with Gasteiger partial charge in [-0.15, -0.1) is 0 Å². The first-order chi connectivity index (χ1) is 14.5. The first-order valence-electron chi connectivity index (χ1n) is 10.4. The average Bonchev–Trinajstić information content (AvgIpc) is 3.56. The minimum Gasteiger partial charge on any atom is -0.311 e. The molecule has 0 N–H and O–H groups in total. The monoisotopic (exact) mass is 420 g/mol. The maximum atomic E-state index is 13.1. The van der Waals surface area contributed by atoms with E-state index in [1.54, 1.807) is 0 Å². The van der Waals surface area contributed by atoms with Gasteiger partial charge in [-0.2, -0.15) is 4.98 Å². The maximum Gasteiger partial charge on any atom is 0.283 e. The zero-order chi connectivity index (χ0) is 20.8. The molecule has 1 saturated carbocycles. The van der Waals surface area contributed by atoms with E-state index in [2.05, 4.69) is 20.6 Å². The lowest BCUT2D eigenvalue weighted by Crippen LogP contribution is -2.36. The molecule has 1 amide bonds. The number of aryl methyl sites for hydroxylation is 3. The van der Waals surface area contributed by atoms with Crippen LogP contribution in [-0.2, 0) is 11.2 Å². The highest BCUT2D eigenvalue weighted by Crippen LogP contribution is 2.39. The number of amides is 1. The second kappa shape index (κ2) is 7.54. The number of para-hydroxylation sites is 1. The number of carbonyl (C=O) groups is 1. The summed E-state index contributed by atoms with van der Waals surface area (Å²) in [6.07, 6.45) is 4.08. The number of aromatic nitrogens is 3. The van der Waals surface area contributed by atoms with E-state index in [9.17, 15) is 9.59 Å². The Balaban J connectivity index is 1.47. The van der Waals surface area contributed by atoms with E-state index < -0.39 is 0 Å². The number of thioether (sulfide) groups is 1. The lowest BCUT2D eigenvalue weighted by Gasteiger charge is -2.29. The smallest absolute Gasteiger partial charge is 0.283 e. The van der Waals surface area contributed by atoms with Crippen molar-refractivity contribution in [2.24, 2.45) is 0 Å². The molecule has 3 heterocycles. The van der Waals surface area contributed by atoms with Crippen molar-refractivity contribution in [2.75, 3.05) is 17.2 Å². The zero-order valence-corrected chi connectivity index (χ0v) is 18.0. The molecule has 0 radical (unpaired) electrons. The van der Waals surface area contributed by atoms with Crippen LogP contribution in [0.15, 0.2) is 40.3 Å². The van der Waals surface area contributed by atoms with Crippen molar-refractivity contribution in [1.29, 1.82) is 0 Å². The van der Waals surface area contributed by atoms with E-state index in [1.165, 1.54) is 17.3 Å². The second-order valence-electron chi connectivity index (χ2n) is 8.15. The van der Waals surface area contributed by atoms with Gasteiger partial charge in [0.1, 0.15) is 5.65 Å². The predicted octanol–water partition coefficient (Wildman–Crippen LogP) is 3.81. The summed E-state index contributed by atoms with van der Waals surface area (Å²) in [5.74, 6) is 0.307. The topological polar surface area (TPSA) is 68.1 Å². The van der Waals surface area contributed by atoms with Crippen LogP contribution >= 0.6 is 11.8 Å². The van der Waals surface area contributed by atoms with E-state index in [0.29, 0.717) is 22.2 Å². The molecule has 7 heteroatoms. The third kappa shape index (κ3) is 3.41. The molecule has 3 aromatic rings. The fourth-order valence-electron chi connectivity index (χ4n) is 4.30. The quantitative estimate of drug-likeness (QED) is 0.474. The predicted molar refractivity (Wildman–Crippen MR) is 119 cm³/mol. The Morgan fingerprint density at radius 3 is 2.80 bits per heavy atom. The summed E-state index contributed by atoms with van der Waals surface area (Å²) < 4.78 is 2.08. The van der Waals surface area contributed by atoms with E-state index in [0.717, 1.165) is 49.2 Å². The summed E-state index contributed by atoms with van der Waals surface area (Å²) in [6.45, 7) is 4.61. The zero-order valence-electron chi connectivity index (χ0n) is 17.2. The van der Waals surface area contributed by atoms with Crippen molar-refractivity contribution in [2.45, 2.75) is 50.7 Å². The third-order valence-corrected chi connectivity index (χ3v) is 6.76. The number of anilines is 1. The van der Waals surface area contributed by atoms with Gasteiger partial charge in [-0.05, 0) is 62.8 Å². The van der Waals surface area contributed by atoms with Crippen LogP contribution in [0.5, 0.6) is 0 Å². The van der Waals surface area contributed by atoms with Crippen LogP contribution in [0.4, 0.5) is 5.69 Å². The van der Waals surface area contributed by atoms with E-state index in [4.69, 9.17) is 0 Å². The fourth-order valence-corrected chi connectivity index (χ4v) is 5.23. The van der Waals surface area contributed by atoms with Crippen LogP contribution in [-0.4, -0.2) is 32.7 Å². The Hall–Kier alpha value is -2.67. The van der Waals surface area contributed by atoms with Gasteiger partial charge < -0.3 is 9.47 Å². The van der Waals surface area contributed by atoms with Crippen LogP contribution in [0.3, 0.4) is 0 Å². The van der Waals surface area contributed by atoms with Gasteiger partial charge in [0.2, 0.25) is 5.91 Å². The van der Waals surface area contributed by atoms with Gasteiger partial charge in [-0.25, -0.2) is 4.98 Å². The summed E-state index contributed by atoms with van der Waals surface area (Å²) >= 11 is 1.35. The molecule has 0 saturated heterocycles. The van der Waals surface area contributed by atoms with Gasteiger partial charge in [0, 0.05) is 24.0 Å². The van der Waals surface area contributed by atoms with Gasteiger partial charge in [0.15, 0.2) is 5.16 Å². The Labute approximate surface area is 179 Å². The number of rotatable bonds is 4. The van der Waals surface area contributed by atoms with Crippen LogP contribution < -0.4 is 10.5 Å². The standard InChI is InChI=1S/C23H24N4O2S/c1-14-12-15(2)24-21-20(14)22(29)25-23(27(21)17-9-10-17)30-13-19(28)26-11-5-7-16-6-3-4-8-18(16)26/h3-4,6,8,12,17H,5,7,9-11,13H2,1-2H3. The largest absolute Gasteiger partial charge is 0.311 e. The molecule has 30 heavy (non-hydrogen) atoms. The Morgan fingerprint density at radius 1 is 1.20 bits per heavy atom. The lowest BCUT2D eigenvalue weighted by molar-refractivity contribution is -0.116. The molecule has 0 spiro atoms. The van der Waals surface area contributed by atoms with Crippen molar-refractivity contribution < 1.29 is 4.79 Å². The van der Waals surface area contributed by atoms with Crippen molar-refractivity contribution in [3.63, 3.8) is 0 Å². The number of hydrogen-bond donors (Lipinski definition) is 0. The molecule has 2 aliphatic rings. The molecule has 0 atom stereocenters.